The number of carboxylic acid groups (broad SMARTS) is 1. The summed E-state index contributed by atoms with van der Waals surface area (Å²) in [5.41, 5.74) is 5.91. The number of carboxylic acids is 1. The fraction of sp³-hybridized carbons (Fsp3) is 0.688. The molecule has 8 nitrogen and oxygen atoms in total. The van der Waals surface area contributed by atoms with Crippen molar-refractivity contribution in [1.82, 2.24) is 10.6 Å². The molecule has 0 fully saturated rings. The number of hydrogen-bond acceptors (Lipinski definition) is 5. The quantitative estimate of drug-likeness (QED) is 0.501. The molecule has 5 N–H and O–H groups in total. The molecular formula is C16H27N3O5. The molecule has 0 aliphatic carbocycles. The molecule has 4 atom stereocenters. The van der Waals surface area contributed by atoms with E-state index in [0.717, 1.165) is 25.7 Å². The lowest BCUT2D eigenvalue weighted by Crippen LogP contribution is -2.61. The van der Waals surface area contributed by atoms with Crippen LogP contribution >= 0.6 is 0 Å². The number of aliphatic carboxylic acids is 1. The summed E-state index contributed by atoms with van der Waals surface area (Å²) in [6, 6.07) is -1.69. The van der Waals surface area contributed by atoms with Crippen LogP contribution in [0.5, 0.6) is 0 Å². The zero-order valence-corrected chi connectivity index (χ0v) is 14.4. The first-order chi connectivity index (χ1) is 11.3. The van der Waals surface area contributed by atoms with E-state index in [2.05, 4.69) is 17.6 Å². The number of nitrogens with two attached hydrogens (primary N) is 1. The van der Waals surface area contributed by atoms with Gasteiger partial charge in [0.1, 0.15) is 0 Å². The number of unbranched alkanes of at least 4 members (excludes halogenated alkanes) is 1. The second kappa shape index (κ2) is 9.27. The van der Waals surface area contributed by atoms with Crippen molar-refractivity contribution in [2.24, 2.45) is 5.73 Å². The van der Waals surface area contributed by atoms with E-state index < -0.39 is 30.1 Å². The Morgan fingerprint density at radius 3 is 2.54 bits per heavy atom. The summed E-state index contributed by atoms with van der Waals surface area (Å²) in [5.74, 6) is -2.53. The third-order valence-electron chi connectivity index (χ3n) is 3.92. The van der Waals surface area contributed by atoms with Gasteiger partial charge in [-0.1, -0.05) is 26.7 Å². The maximum atomic E-state index is 12.6. The highest BCUT2D eigenvalue weighted by Crippen LogP contribution is 2.18. The minimum Gasteiger partial charge on any atom is -0.475 e. The number of carbonyl (C=O) groups is 3. The number of hydrogen-bond donors (Lipinski definition) is 4. The Kier molecular flexibility index (Phi) is 7.70. The lowest BCUT2D eigenvalue weighted by molar-refractivity contribution is -0.143. The summed E-state index contributed by atoms with van der Waals surface area (Å²) in [6.07, 6.45) is 3.56. The molecule has 0 aromatic carbocycles. The van der Waals surface area contributed by atoms with Gasteiger partial charge in [0.05, 0.1) is 12.1 Å². The standard InChI is InChI=1S/C16H27N3O5/c1-4-6-7-10(5-2)19-15(21)14-13(18-9(3)20)11(17)8-12(24-14)16(22)23/h8,10-11,13-14H,4-7,17H2,1-3H3,(H,18,20)(H,19,21)(H,22,23)/t10?,11?,13-,14-/m1/s1. The van der Waals surface area contributed by atoms with Crippen molar-refractivity contribution in [1.29, 1.82) is 0 Å². The van der Waals surface area contributed by atoms with Crippen LogP contribution in [0.2, 0.25) is 0 Å². The van der Waals surface area contributed by atoms with Crippen LogP contribution in [0.4, 0.5) is 0 Å². The molecule has 1 rings (SSSR count). The summed E-state index contributed by atoms with van der Waals surface area (Å²) in [7, 11) is 0. The van der Waals surface area contributed by atoms with E-state index in [1.54, 1.807) is 0 Å². The summed E-state index contributed by atoms with van der Waals surface area (Å²) >= 11 is 0. The van der Waals surface area contributed by atoms with Gasteiger partial charge in [-0.05, 0) is 18.9 Å². The van der Waals surface area contributed by atoms with Crippen LogP contribution in [0.3, 0.4) is 0 Å². The van der Waals surface area contributed by atoms with E-state index in [-0.39, 0.29) is 17.7 Å². The highest BCUT2D eigenvalue weighted by Gasteiger charge is 2.40. The molecule has 2 amide bonds. The van der Waals surface area contributed by atoms with Crippen molar-refractivity contribution in [3.8, 4) is 0 Å². The van der Waals surface area contributed by atoms with Crippen molar-refractivity contribution in [2.75, 3.05) is 0 Å². The Hall–Kier alpha value is -2.09. The minimum absolute atomic E-state index is 0.0329. The molecule has 2 unspecified atom stereocenters. The first-order valence-electron chi connectivity index (χ1n) is 8.24. The fourth-order valence-corrected chi connectivity index (χ4v) is 2.59. The van der Waals surface area contributed by atoms with Crippen molar-refractivity contribution >= 4 is 17.8 Å². The topological polar surface area (TPSA) is 131 Å². The van der Waals surface area contributed by atoms with Gasteiger partial charge in [0.25, 0.3) is 5.91 Å². The molecule has 0 aromatic heterocycles. The van der Waals surface area contributed by atoms with Crippen LogP contribution in [0.25, 0.3) is 0 Å². The number of ether oxygens (including phenoxy) is 1. The van der Waals surface area contributed by atoms with Gasteiger partial charge in [0.15, 0.2) is 6.10 Å². The number of carbonyl (C=O) groups excluding carboxylic acids is 2. The molecule has 0 aromatic rings. The van der Waals surface area contributed by atoms with Gasteiger partial charge in [0.2, 0.25) is 11.7 Å². The van der Waals surface area contributed by atoms with Crippen LogP contribution in [0.15, 0.2) is 11.8 Å². The van der Waals surface area contributed by atoms with Crippen LogP contribution in [0.1, 0.15) is 46.5 Å². The number of nitrogens with one attached hydrogen (secondary N) is 2. The third-order valence-corrected chi connectivity index (χ3v) is 3.92. The molecular weight excluding hydrogens is 314 g/mol. The molecule has 1 heterocycles. The fourth-order valence-electron chi connectivity index (χ4n) is 2.59. The maximum absolute atomic E-state index is 12.6. The Morgan fingerprint density at radius 2 is 2.04 bits per heavy atom. The van der Waals surface area contributed by atoms with Crippen LogP contribution in [-0.2, 0) is 19.1 Å². The predicted octanol–water partition coefficient (Wildman–Crippen LogP) is 0.271. The zero-order valence-electron chi connectivity index (χ0n) is 14.4. The zero-order chi connectivity index (χ0) is 18.3. The van der Waals surface area contributed by atoms with Crippen LogP contribution in [0, 0.1) is 0 Å². The predicted molar refractivity (Wildman–Crippen MR) is 87.9 cm³/mol. The van der Waals surface area contributed by atoms with E-state index in [4.69, 9.17) is 15.6 Å². The molecule has 0 radical (unpaired) electrons. The summed E-state index contributed by atoms with van der Waals surface area (Å²) in [6.45, 7) is 5.32. The lowest BCUT2D eigenvalue weighted by Gasteiger charge is -2.35. The molecule has 8 heteroatoms. The van der Waals surface area contributed by atoms with Crippen LogP contribution in [-0.4, -0.2) is 47.1 Å². The largest absolute Gasteiger partial charge is 0.475 e. The van der Waals surface area contributed by atoms with Crippen molar-refractivity contribution in [2.45, 2.75) is 70.7 Å². The normalized spacial score (nSPS) is 24.3. The molecule has 24 heavy (non-hydrogen) atoms. The molecule has 1 aliphatic rings. The molecule has 1 aliphatic heterocycles. The average Bonchev–Trinajstić information content (AvgIpc) is 2.52. The number of amides is 2. The van der Waals surface area contributed by atoms with Gasteiger partial charge in [-0.15, -0.1) is 0 Å². The second-order valence-electron chi connectivity index (χ2n) is 5.93. The molecule has 0 spiro atoms. The van der Waals surface area contributed by atoms with E-state index >= 15 is 0 Å². The van der Waals surface area contributed by atoms with Crippen molar-refractivity contribution in [3.05, 3.63) is 11.8 Å². The summed E-state index contributed by atoms with van der Waals surface area (Å²) in [4.78, 5) is 35.1. The van der Waals surface area contributed by atoms with E-state index in [1.165, 1.54) is 13.0 Å². The Labute approximate surface area is 141 Å². The molecule has 0 saturated heterocycles. The van der Waals surface area contributed by atoms with Gasteiger partial charge in [-0.25, -0.2) is 4.79 Å². The summed E-state index contributed by atoms with van der Waals surface area (Å²) in [5, 5.41) is 14.5. The van der Waals surface area contributed by atoms with E-state index in [0.29, 0.717) is 0 Å². The van der Waals surface area contributed by atoms with Crippen molar-refractivity contribution < 1.29 is 24.2 Å². The Bertz CT molecular complexity index is 506. The molecule has 0 bridgehead atoms. The monoisotopic (exact) mass is 341 g/mol. The highest BCUT2D eigenvalue weighted by atomic mass is 16.5. The average molecular weight is 341 g/mol. The van der Waals surface area contributed by atoms with E-state index in [1.807, 2.05) is 6.92 Å². The lowest BCUT2D eigenvalue weighted by atomic mass is 9.97. The number of rotatable bonds is 8. The van der Waals surface area contributed by atoms with Gasteiger partial charge >= 0.3 is 5.97 Å². The van der Waals surface area contributed by atoms with Crippen molar-refractivity contribution in [3.63, 3.8) is 0 Å². The minimum atomic E-state index is -1.30. The first-order valence-corrected chi connectivity index (χ1v) is 8.24. The molecule has 136 valence electrons. The first kappa shape index (κ1) is 20.0. The smallest absolute Gasteiger partial charge is 0.370 e. The van der Waals surface area contributed by atoms with Gasteiger partial charge in [-0.2, -0.15) is 0 Å². The van der Waals surface area contributed by atoms with Gasteiger partial charge in [0, 0.05) is 13.0 Å². The highest BCUT2D eigenvalue weighted by molar-refractivity contribution is 5.88. The van der Waals surface area contributed by atoms with E-state index in [9.17, 15) is 14.4 Å². The van der Waals surface area contributed by atoms with Crippen LogP contribution < -0.4 is 16.4 Å². The van der Waals surface area contributed by atoms with Gasteiger partial charge < -0.3 is 26.2 Å². The SMILES string of the molecule is CCCCC(CC)NC(=O)[C@@H]1OC(C(=O)O)=CC(N)[C@H]1NC(C)=O. The maximum Gasteiger partial charge on any atom is 0.370 e. The Balaban J connectivity index is 2.92. The van der Waals surface area contributed by atoms with Gasteiger partial charge in [-0.3, -0.25) is 9.59 Å². The second-order valence-corrected chi connectivity index (χ2v) is 5.93. The summed E-state index contributed by atoms with van der Waals surface area (Å²) < 4.78 is 5.30. The third kappa shape index (κ3) is 5.52. The Morgan fingerprint density at radius 1 is 1.38 bits per heavy atom. The molecule has 0 saturated carbocycles.